The van der Waals surface area contributed by atoms with Crippen molar-refractivity contribution in [1.82, 2.24) is 19.5 Å². The Balaban J connectivity index is 1.79. The highest BCUT2D eigenvalue weighted by Crippen LogP contribution is 2.42. The van der Waals surface area contributed by atoms with Gasteiger partial charge in [-0.05, 0) is 35.3 Å². The Morgan fingerprint density at radius 1 is 1.10 bits per heavy atom. The molecule has 1 aliphatic rings. The summed E-state index contributed by atoms with van der Waals surface area (Å²) in [7, 11) is 0. The van der Waals surface area contributed by atoms with Gasteiger partial charge in [-0.3, -0.25) is 4.90 Å². The van der Waals surface area contributed by atoms with E-state index in [0.717, 1.165) is 35.2 Å². The Morgan fingerprint density at radius 3 is 2.28 bits per heavy atom. The van der Waals surface area contributed by atoms with Crippen molar-refractivity contribution in [3.05, 3.63) is 46.1 Å². The third-order valence-electron chi connectivity index (χ3n) is 5.99. The van der Waals surface area contributed by atoms with Crippen molar-refractivity contribution >= 4 is 16.3 Å². The quantitative estimate of drug-likeness (QED) is 0.622. The van der Waals surface area contributed by atoms with Crippen LogP contribution in [0.25, 0.3) is 4.96 Å². The Kier molecular flexibility index (Phi) is 5.67. The van der Waals surface area contributed by atoms with Crippen molar-refractivity contribution in [3.63, 3.8) is 0 Å². The lowest BCUT2D eigenvalue weighted by molar-refractivity contribution is 0.112. The molecule has 6 heteroatoms. The molecule has 1 fully saturated rings. The van der Waals surface area contributed by atoms with E-state index in [4.69, 9.17) is 0 Å². The van der Waals surface area contributed by atoms with E-state index in [1.54, 1.807) is 15.9 Å². The minimum absolute atomic E-state index is 0.0278. The lowest BCUT2D eigenvalue weighted by Crippen LogP contribution is -2.41. The molecule has 0 amide bonds. The molecule has 4 rings (SSSR count). The second-order valence-electron chi connectivity index (χ2n) is 8.99. The number of aromatic nitrogens is 3. The van der Waals surface area contributed by atoms with Gasteiger partial charge in [-0.2, -0.15) is 4.52 Å². The first-order valence-corrected chi connectivity index (χ1v) is 11.6. The van der Waals surface area contributed by atoms with Gasteiger partial charge in [0.2, 0.25) is 10.8 Å². The van der Waals surface area contributed by atoms with Crippen LogP contribution in [0.4, 0.5) is 0 Å². The molecular formula is C23H32N4OS. The number of nitrogens with zero attached hydrogens (tertiary/aromatic N) is 4. The van der Waals surface area contributed by atoms with Gasteiger partial charge in [-0.15, -0.1) is 5.10 Å². The standard InChI is InChI=1S/C23H32N4OS/c1-6-19-24-23-27(25-19)22(28)21(29-23)20(26-12-15(4)11-16(5)13-26)18-9-7-17(8-10-18)14(2)3/h7-10,14-16,20,28H,6,11-13H2,1-5H3/t15-,16-,20-/m0/s1. The smallest absolute Gasteiger partial charge is 0.230 e. The highest BCUT2D eigenvalue weighted by Gasteiger charge is 2.33. The molecule has 0 aliphatic carbocycles. The highest BCUT2D eigenvalue weighted by atomic mass is 32.1. The third-order valence-corrected chi connectivity index (χ3v) is 7.06. The van der Waals surface area contributed by atoms with E-state index in [0.29, 0.717) is 17.8 Å². The molecule has 2 aromatic heterocycles. The number of piperidine rings is 1. The molecule has 1 saturated heterocycles. The fraction of sp³-hybridized carbons (Fsp3) is 0.565. The van der Waals surface area contributed by atoms with Crippen molar-refractivity contribution in [2.24, 2.45) is 11.8 Å². The summed E-state index contributed by atoms with van der Waals surface area (Å²) in [4.78, 5) is 8.85. The molecule has 0 unspecified atom stereocenters. The van der Waals surface area contributed by atoms with Crippen molar-refractivity contribution in [3.8, 4) is 5.88 Å². The molecule has 0 saturated carbocycles. The van der Waals surface area contributed by atoms with Crippen LogP contribution in [0.3, 0.4) is 0 Å². The Labute approximate surface area is 177 Å². The molecule has 1 N–H and O–H groups in total. The first-order chi connectivity index (χ1) is 13.9. The van der Waals surface area contributed by atoms with Crippen molar-refractivity contribution in [2.45, 2.75) is 59.4 Å². The molecule has 3 heterocycles. The van der Waals surface area contributed by atoms with Crippen LogP contribution in [0.2, 0.25) is 0 Å². The maximum Gasteiger partial charge on any atom is 0.230 e. The summed E-state index contributed by atoms with van der Waals surface area (Å²) in [6, 6.07) is 8.95. The van der Waals surface area contributed by atoms with Gasteiger partial charge in [-0.1, -0.05) is 70.2 Å². The topological polar surface area (TPSA) is 53.7 Å². The van der Waals surface area contributed by atoms with E-state index < -0.39 is 0 Å². The molecule has 29 heavy (non-hydrogen) atoms. The number of rotatable bonds is 5. The normalized spacial score (nSPS) is 21.9. The van der Waals surface area contributed by atoms with Gasteiger partial charge in [0.05, 0.1) is 10.9 Å². The Bertz CT molecular complexity index is 965. The first kappa shape index (κ1) is 20.4. The molecule has 3 aromatic rings. The van der Waals surface area contributed by atoms with Gasteiger partial charge in [0.15, 0.2) is 5.82 Å². The zero-order valence-corrected chi connectivity index (χ0v) is 18.9. The molecule has 156 valence electrons. The van der Waals surface area contributed by atoms with Gasteiger partial charge in [0.1, 0.15) is 0 Å². The number of thiazole rings is 1. The molecule has 0 bridgehead atoms. The maximum atomic E-state index is 11.1. The zero-order valence-electron chi connectivity index (χ0n) is 18.1. The van der Waals surface area contributed by atoms with Crippen LogP contribution < -0.4 is 0 Å². The number of fused-ring (bicyclic) bond motifs is 1. The predicted octanol–water partition coefficient (Wildman–Crippen LogP) is 5.25. The fourth-order valence-corrected chi connectivity index (χ4v) is 5.77. The number of aromatic hydroxyl groups is 1. The van der Waals surface area contributed by atoms with E-state index >= 15 is 0 Å². The molecule has 1 aliphatic heterocycles. The molecule has 3 atom stereocenters. The number of benzene rings is 1. The van der Waals surface area contributed by atoms with E-state index in [1.807, 2.05) is 6.92 Å². The van der Waals surface area contributed by atoms with Crippen LogP contribution >= 0.6 is 11.3 Å². The van der Waals surface area contributed by atoms with Gasteiger partial charge in [-0.25, -0.2) is 4.98 Å². The van der Waals surface area contributed by atoms with Gasteiger partial charge in [0.25, 0.3) is 0 Å². The Morgan fingerprint density at radius 2 is 1.72 bits per heavy atom. The summed E-state index contributed by atoms with van der Waals surface area (Å²) in [5.41, 5.74) is 2.57. The first-order valence-electron chi connectivity index (χ1n) is 10.8. The summed E-state index contributed by atoms with van der Waals surface area (Å²) in [6.07, 6.45) is 2.03. The van der Waals surface area contributed by atoms with Gasteiger partial charge >= 0.3 is 0 Å². The molecule has 0 spiro atoms. The maximum absolute atomic E-state index is 11.1. The van der Waals surface area contributed by atoms with E-state index in [-0.39, 0.29) is 11.9 Å². The molecule has 1 aromatic carbocycles. The summed E-state index contributed by atoms with van der Waals surface area (Å²) in [5.74, 6) is 2.81. The number of hydrogen-bond donors (Lipinski definition) is 1. The lowest BCUT2D eigenvalue weighted by atomic mass is 9.89. The monoisotopic (exact) mass is 412 g/mol. The minimum Gasteiger partial charge on any atom is -0.492 e. The van der Waals surface area contributed by atoms with E-state index in [9.17, 15) is 5.11 Å². The minimum atomic E-state index is 0.0278. The Hall–Kier alpha value is -1.92. The van der Waals surface area contributed by atoms with Gasteiger partial charge < -0.3 is 5.11 Å². The van der Waals surface area contributed by atoms with Gasteiger partial charge in [0, 0.05) is 19.5 Å². The van der Waals surface area contributed by atoms with Crippen LogP contribution in [-0.2, 0) is 6.42 Å². The van der Waals surface area contributed by atoms with E-state index in [1.165, 1.54) is 17.5 Å². The van der Waals surface area contributed by atoms with Crippen molar-refractivity contribution in [1.29, 1.82) is 0 Å². The van der Waals surface area contributed by atoms with E-state index in [2.05, 4.69) is 66.9 Å². The summed E-state index contributed by atoms with van der Waals surface area (Å²) in [5, 5.41) is 15.6. The SMILES string of the molecule is CCc1nc2sc([C@H](c3ccc(C(C)C)cc3)N3C[C@@H](C)C[C@H](C)C3)c(O)n2n1. The number of likely N-dealkylation sites (tertiary alicyclic amines) is 1. The molecular weight excluding hydrogens is 380 g/mol. The van der Waals surface area contributed by atoms with Crippen LogP contribution in [0, 0.1) is 11.8 Å². The average Bonchev–Trinajstić information content (AvgIpc) is 3.21. The van der Waals surface area contributed by atoms with Crippen LogP contribution in [-0.4, -0.2) is 37.7 Å². The van der Waals surface area contributed by atoms with Crippen LogP contribution in [0.15, 0.2) is 24.3 Å². The molecule has 5 nitrogen and oxygen atoms in total. The summed E-state index contributed by atoms with van der Waals surface area (Å²) in [6.45, 7) is 13.2. The van der Waals surface area contributed by atoms with Crippen molar-refractivity contribution < 1.29 is 5.11 Å². The van der Waals surface area contributed by atoms with Crippen molar-refractivity contribution in [2.75, 3.05) is 13.1 Å². The largest absolute Gasteiger partial charge is 0.492 e. The number of aryl methyl sites for hydroxylation is 1. The molecule has 0 radical (unpaired) electrons. The summed E-state index contributed by atoms with van der Waals surface area (Å²) < 4.78 is 1.62. The second kappa shape index (κ2) is 8.07. The fourth-order valence-electron chi connectivity index (χ4n) is 4.63. The predicted molar refractivity (Wildman–Crippen MR) is 119 cm³/mol. The van der Waals surface area contributed by atoms with Crippen LogP contribution in [0.5, 0.6) is 5.88 Å². The highest BCUT2D eigenvalue weighted by molar-refractivity contribution is 7.17. The lowest BCUT2D eigenvalue weighted by Gasteiger charge is -2.40. The third kappa shape index (κ3) is 3.92. The second-order valence-corrected chi connectivity index (χ2v) is 10.00. The summed E-state index contributed by atoms with van der Waals surface area (Å²) >= 11 is 1.57. The van der Waals surface area contributed by atoms with Crippen LogP contribution in [0.1, 0.15) is 74.8 Å². The number of hydrogen-bond acceptors (Lipinski definition) is 5. The average molecular weight is 413 g/mol. The zero-order chi connectivity index (χ0) is 20.7.